The lowest BCUT2D eigenvalue weighted by atomic mass is 10.1. The average molecular weight is 282 g/mol. The van der Waals surface area contributed by atoms with Crippen LogP contribution in [0.25, 0.3) is 0 Å². The lowest BCUT2D eigenvalue weighted by Crippen LogP contribution is -2.23. The van der Waals surface area contributed by atoms with E-state index in [4.69, 9.17) is 16.0 Å². The summed E-state index contributed by atoms with van der Waals surface area (Å²) in [7, 11) is 0. The zero-order valence-electron chi connectivity index (χ0n) is 10.6. The van der Waals surface area contributed by atoms with Crippen LogP contribution in [0, 0.1) is 6.92 Å². The van der Waals surface area contributed by atoms with Crippen LogP contribution in [0.3, 0.4) is 0 Å². The van der Waals surface area contributed by atoms with Gasteiger partial charge in [-0.3, -0.25) is 0 Å². The fourth-order valence-corrected chi connectivity index (χ4v) is 2.21. The van der Waals surface area contributed by atoms with Gasteiger partial charge in [-0.05, 0) is 36.8 Å². The number of aromatic hydroxyl groups is 1. The Kier molecular flexibility index (Phi) is 4.47. The van der Waals surface area contributed by atoms with Crippen LogP contribution in [0.4, 0.5) is 0 Å². The molecule has 102 valence electrons. The van der Waals surface area contributed by atoms with Crippen molar-refractivity contribution in [2.24, 2.45) is 0 Å². The summed E-state index contributed by atoms with van der Waals surface area (Å²) in [6.07, 6.45) is 1.56. The third-order valence-corrected chi connectivity index (χ3v) is 3.17. The van der Waals surface area contributed by atoms with Gasteiger partial charge < -0.3 is 19.9 Å². The molecule has 0 bridgehead atoms. The van der Waals surface area contributed by atoms with E-state index in [2.05, 4.69) is 5.32 Å². The van der Waals surface area contributed by atoms with Crippen LogP contribution in [0.15, 0.2) is 34.9 Å². The number of aryl methyl sites for hydroxylation is 1. The molecule has 0 aliphatic rings. The van der Waals surface area contributed by atoms with Gasteiger partial charge in [0.05, 0.1) is 18.9 Å². The Hall–Kier alpha value is -1.49. The van der Waals surface area contributed by atoms with E-state index < -0.39 is 0 Å². The van der Waals surface area contributed by atoms with Crippen LogP contribution >= 0.6 is 11.6 Å². The van der Waals surface area contributed by atoms with Gasteiger partial charge in [0, 0.05) is 17.1 Å². The molecule has 0 radical (unpaired) electrons. The topological polar surface area (TPSA) is 65.6 Å². The summed E-state index contributed by atoms with van der Waals surface area (Å²) in [5.41, 5.74) is 1.41. The molecule has 0 aliphatic heterocycles. The summed E-state index contributed by atoms with van der Waals surface area (Å²) >= 11 is 5.96. The zero-order valence-corrected chi connectivity index (χ0v) is 11.3. The highest BCUT2D eigenvalue weighted by Crippen LogP contribution is 2.27. The molecule has 3 N–H and O–H groups in total. The normalized spacial score (nSPS) is 12.6. The maximum absolute atomic E-state index is 9.95. The minimum Gasteiger partial charge on any atom is -0.507 e. The van der Waals surface area contributed by atoms with Crippen LogP contribution < -0.4 is 5.32 Å². The zero-order chi connectivity index (χ0) is 13.8. The largest absolute Gasteiger partial charge is 0.507 e. The summed E-state index contributed by atoms with van der Waals surface area (Å²) in [4.78, 5) is 0. The smallest absolute Gasteiger partial charge is 0.123 e. The molecule has 1 atom stereocenters. The molecule has 1 aromatic heterocycles. The van der Waals surface area contributed by atoms with Crippen molar-refractivity contribution in [1.29, 1.82) is 0 Å². The molecule has 19 heavy (non-hydrogen) atoms. The molecular formula is C14H16ClNO3. The summed E-state index contributed by atoms with van der Waals surface area (Å²) in [5.74, 6) is 0.869. The predicted octanol–water partition coefficient (Wildman–Crippen LogP) is 2.77. The molecule has 0 fully saturated rings. The molecule has 0 aliphatic carbocycles. The SMILES string of the molecule is Cc1cc(Cl)cc(CNC(CO)c2ccco2)c1O. The number of aliphatic hydroxyl groups is 1. The van der Waals surface area contributed by atoms with Crippen molar-refractivity contribution in [3.05, 3.63) is 52.4 Å². The fourth-order valence-electron chi connectivity index (χ4n) is 1.92. The number of hydrogen-bond acceptors (Lipinski definition) is 4. The van der Waals surface area contributed by atoms with E-state index in [1.54, 1.807) is 37.5 Å². The molecule has 0 amide bonds. The lowest BCUT2D eigenvalue weighted by Gasteiger charge is -2.15. The van der Waals surface area contributed by atoms with Gasteiger partial charge in [0.25, 0.3) is 0 Å². The first kappa shape index (κ1) is 13.9. The Bertz CT molecular complexity index is 540. The van der Waals surface area contributed by atoms with E-state index >= 15 is 0 Å². The Morgan fingerprint density at radius 3 is 2.84 bits per heavy atom. The molecule has 2 aromatic rings. The minimum atomic E-state index is -0.311. The summed E-state index contributed by atoms with van der Waals surface area (Å²) < 4.78 is 5.24. The number of benzene rings is 1. The van der Waals surface area contributed by atoms with Gasteiger partial charge in [-0.1, -0.05) is 11.6 Å². The second kappa shape index (κ2) is 6.10. The van der Waals surface area contributed by atoms with E-state index in [1.807, 2.05) is 0 Å². The quantitative estimate of drug-likeness (QED) is 0.788. The average Bonchev–Trinajstić information content (AvgIpc) is 2.89. The van der Waals surface area contributed by atoms with Crippen molar-refractivity contribution in [3.63, 3.8) is 0 Å². The van der Waals surface area contributed by atoms with Crippen LogP contribution in [0.5, 0.6) is 5.75 Å². The van der Waals surface area contributed by atoms with Crippen LogP contribution in [-0.4, -0.2) is 16.8 Å². The van der Waals surface area contributed by atoms with E-state index in [-0.39, 0.29) is 18.4 Å². The van der Waals surface area contributed by atoms with Crippen LogP contribution in [0.2, 0.25) is 5.02 Å². The number of rotatable bonds is 5. The monoisotopic (exact) mass is 281 g/mol. The maximum Gasteiger partial charge on any atom is 0.123 e. The Labute approximate surface area is 116 Å². The molecule has 0 spiro atoms. The molecule has 0 saturated carbocycles. The van der Waals surface area contributed by atoms with E-state index in [0.717, 1.165) is 5.56 Å². The Morgan fingerprint density at radius 2 is 2.21 bits per heavy atom. The maximum atomic E-state index is 9.95. The number of phenolic OH excluding ortho intramolecular Hbond substituents is 1. The highest BCUT2D eigenvalue weighted by Gasteiger charge is 2.14. The lowest BCUT2D eigenvalue weighted by molar-refractivity contribution is 0.225. The highest BCUT2D eigenvalue weighted by molar-refractivity contribution is 6.30. The van der Waals surface area contributed by atoms with Crippen LogP contribution in [0.1, 0.15) is 22.9 Å². The molecular weight excluding hydrogens is 266 g/mol. The molecule has 0 saturated heterocycles. The van der Waals surface area contributed by atoms with Gasteiger partial charge in [0.2, 0.25) is 0 Å². The Balaban J connectivity index is 2.10. The molecule has 1 heterocycles. The molecule has 5 heteroatoms. The number of hydrogen-bond donors (Lipinski definition) is 3. The van der Waals surface area contributed by atoms with Crippen molar-refractivity contribution < 1.29 is 14.6 Å². The second-order valence-corrected chi connectivity index (χ2v) is 4.80. The molecule has 1 aromatic carbocycles. The predicted molar refractivity (Wildman–Crippen MR) is 73.2 cm³/mol. The summed E-state index contributed by atoms with van der Waals surface area (Å²) in [6, 6.07) is 6.65. The van der Waals surface area contributed by atoms with E-state index in [0.29, 0.717) is 22.9 Å². The first-order chi connectivity index (χ1) is 9.11. The summed E-state index contributed by atoms with van der Waals surface area (Å²) in [5, 5.41) is 23.0. The van der Waals surface area contributed by atoms with Gasteiger partial charge in [0.1, 0.15) is 11.5 Å². The van der Waals surface area contributed by atoms with Gasteiger partial charge >= 0.3 is 0 Å². The first-order valence-corrected chi connectivity index (χ1v) is 6.35. The molecule has 4 nitrogen and oxygen atoms in total. The van der Waals surface area contributed by atoms with Gasteiger partial charge in [-0.2, -0.15) is 0 Å². The van der Waals surface area contributed by atoms with Crippen molar-refractivity contribution in [1.82, 2.24) is 5.32 Å². The van der Waals surface area contributed by atoms with Crippen molar-refractivity contribution >= 4 is 11.6 Å². The third kappa shape index (κ3) is 3.29. The minimum absolute atomic E-state index is 0.0895. The number of halogens is 1. The summed E-state index contributed by atoms with van der Waals surface area (Å²) in [6.45, 7) is 2.09. The second-order valence-electron chi connectivity index (χ2n) is 4.36. The van der Waals surface area contributed by atoms with Gasteiger partial charge in [-0.15, -0.1) is 0 Å². The highest BCUT2D eigenvalue weighted by atomic mass is 35.5. The Morgan fingerprint density at radius 1 is 1.42 bits per heavy atom. The number of phenols is 1. The van der Waals surface area contributed by atoms with E-state index in [9.17, 15) is 10.2 Å². The first-order valence-electron chi connectivity index (χ1n) is 5.97. The molecule has 2 rings (SSSR count). The fraction of sp³-hybridized carbons (Fsp3) is 0.286. The van der Waals surface area contributed by atoms with Crippen molar-refractivity contribution in [2.45, 2.75) is 19.5 Å². The number of nitrogens with one attached hydrogen (secondary N) is 1. The number of furan rings is 1. The van der Waals surface area contributed by atoms with Gasteiger partial charge in [-0.25, -0.2) is 0 Å². The van der Waals surface area contributed by atoms with E-state index in [1.165, 1.54) is 0 Å². The third-order valence-electron chi connectivity index (χ3n) is 2.95. The standard InChI is InChI=1S/C14H16ClNO3/c1-9-5-11(15)6-10(14(9)18)7-16-12(8-17)13-3-2-4-19-13/h2-6,12,16-18H,7-8H2,1H3. The van der Waals surface area contributed by atoms with Gasteiger partial charge in [0.15, 0.2) is 0 Å². The van der Waals surface area contributed by atoms with Crippen molar-refractivity contribution in [3.8, 4) is 5.75 Å². The van der Waals surface area contributed by atoms with Crippen molar-refractivity contribution in [2.75, 3.05) is 6.61 Å². The number of aliphatic hydroxyl groups excluding tert-OH is 1. The molecule has 1 unspecified atom stereocenters. The van der Waals surface area contributed by atoms with Crippen LogP contribution in [-0.2, 0) is 6.54 Å².